The van der Waals surface area contributed by atoms with Gasteiger partial charge in [-0.05, 0) is 25.9 Å². The first kappa shape index (κ1) is 14.4. The first-order valence-electron chi connectivity index (χ1n) is 6.13. The van der Waals surface area contributed by atoms with E-state index in [-0.39, 0.29) is 5.92 Å². The number of hydrogen-bond acceptors (Lipinski definition) is 5. The molecule has 0 spiro atoms. The summed E-state index contributed by atoms with van der Waals surface area (Å²) in [6, 6.07) is 2.30. The lowest BCUT2D eigenvalue weighted by Crippen LogP contribution is -2.40. The number of ether oxygens (including phenoxy) is 2. The maximum atomic E-state index is 9.75. The number of aliphatic hydroxyl groups excluding tert-OH is 1. The highest BCUT2D eigenvalue weighted by Crippen LogP contribution is 2.15. The van der Waals surface area contributed by atoms with Crippen molar-refractivity contribution in [2.75, 3.05) is 46.6 Å². The number of likely N-dealkylation sites (tertiary alicyclic amines) is 1. The van der Waals surface area contributed by atoms with E-state index in [1.807, 2.05) is 0 Å². The molecule has 0 saturated carbocycles. The second kappa shape index (κ2) is 8.43. The summed E-state index contributed by atoms with van der Waals surface area (Å²) in [5.74, 6) is 0.196. The molecule has 1 rings (SSSR count). The van der Waals surface area contributed by atoms with Crippen LogP contribution in [0.15, 0.2) is 0 Å². The number of nitrogens with zero attached hydrogens (tertiary/aromatic N) is 2. The standard InChI is InChI=1S/C12H22N2O3/c1-16-6-7-17-10-12(15)9-14-4-2-11(8-13)3-5-14/h11-12,15H,2-7,9-10H2,1H3. The lowest BCUT2D eigenvalue weighted by atomic mass is 9.98. The Morgan fingerprint density at radius 3 is 2.71 bits per heavy atom. The highest BCUT2D eigenvalue weighted by Gasteiger charge is 2.20. The van der Waals surface area contributed by atoms with Gasteiger partial charge in [-0.2, -0.15) is 5.26 Å². The first-order chi connectivity index (χ1) is 8.26. The van der Waals surface area contributed by atoms with Crippen LogP contribution in [0.3, 0.4) is 0 Å². The Morgan fingerprint density at radius 1 is 1.41 bits per heavy atom. The summed E-state index contributed by atoms with van der Waals surface area (Å²) in [7, 11) is 1.62. The number of methoxy groups -OCH3 is 1. The lowest BCUT2D eigenvalue weighted by Gasteiger charge is -2.30. The van der Waals surface area contributed by atoms with Gasteiger partial charge >= 0.3 is 0 Å². The number of rotatable bonds is 7. The lowest BCUT2D eigenvalue weighted by molar-refractivity contribution is -0.00365. The Morgan fingerprint density at radius 2 is 2.12 bits per heavy atom. The molecule has 17 heavy (non-hydrogen) atoms. The van der Waals surface area contributed by atoms with Crippen LogP contribution in [-0.4, -0.2) is 62.7 Å². The fourth-order valence-electron chi connectivity index (χ4n) is 1.96. The average Bonchev–Trinajstić information content (AvgIpc) is 2.36. The molecular formula is C12H22N2O3. The molecule has 0 amide bonds. The monoisotopic (exact) mass is 242 g/mol. The van der Waals surface area contributed by atoms with Gasteiger partial charge in [-0.15, -0.1) is 0 Å². The summed E-state index contributed by atoms with van der Waals surface area (Å²) in [5, 5.41) is 18.5. The topological polar surface area (TPSA) is 65.7 Å². The van der Waals surface area contributed by atoms with Gasteiger partial charge in [0.1, 0.15) is 0 Å². The molecule has 0 aromatic heterocycles. The minimum atomic E-state index is -0.453. The third-order valence-electron chi connectivity index (χ3n) is 2.98. The molecule has 1 aliphatic heterocycles. The Labute approximate surface area is 103 Å². The zero-order chi connectivity index (χ0) is 12.5. The Bertz CT molecular complexity index is 234. The molecular weight excluding hydrogens is 220 g/mol. The SMILES string of the molecule is COCCOCC(O)CN1CCC(C#N)CC1. The van der Waals surface area contributed by atoms with Crippen LogP contribution in [0.1, 0.15) is 12.8 Å². The van der Waals surface area contributed by atoms with Crippen molar-refractivity contribution in [1.82, 2.24) is 4.90 Å². The molecule has 1 atom stereocenters. The highest BCUT2D eigenvalue weighted by molar-refractivity contribution is 4.87. The molecule has 5 nitrogen and oxygen atoms in total. The van der Waals surface area contributed by atoms with E-state index in [9.17, 15) is 5.11 Å². The second-order valence-corrected chi connectivity index (χ2v) is 4.43. The fourth-order valence-corrected chi connectivity index (χ4v) is 1.96. The van der Waals surface area contributed by atoms with E-state index in [4.69, 9.17) is 14.7 Å². The third-order valence-corrected chi connectivity index (χ3v) is 2.98. The molecule has 0 bridgehead atoms. The summed E-state index contributed by atoms with van der Waals surface area (Å²) in [5.41, 5.74) is 0. The van der Waals surface area contributed by atoms with Gasteiger partial charge in [-0.3, -0.25) is 0 Å². The van der Waals surface area contributed by atoms with Crippen LogP contribution >= 0.6 is 0 Å². The summed E-state index contributed by atoms with van der Waals surface area (Å²) in [4.78, 5) is 2.19. The maximum absolute atomic E-state index is 9.75. The molecule has 1 saturated heterocycles. The van der Waals surface area contributed by atoms with E-state index in [2.05, 4.69) is 11.0 Å². The van der Waals surface area contributed by atoms with Crippen LogP contribution < -0.4 is 0 Å². The molecule has 0 aromatic rings. The van der Waals surface area contributed by atoms with Gasteiger partial charge in [0.25, 0.3) is 0 Å². The first-order valence-corrected chi connectivity index (χ1v) is 6.13. The van der Waals surface area contributed by atoms with E-state index in [0.717, 1.165) is 25.9 Å². The van der Waals surface area contributed by atoms with Gasteiger partial charge in [0, 0.05) is 19.6 Å². The van der Waals surface area contributed by atoms with Crippen LogP contribution in [-0.2, 0) is 9.47 Å². The number of aliphatic hydroxyl groups is 1. The normalized spacial score (nSPS) is 20.1. The smallest absolute Gasteiger partial charge is 0.0900 e. The van der Waals surface area contributed by atoms with Crippen molar-refractivity contribution in [3.63, 3.8) is 0 Å². The molecule has 5 heteroatoms. The summed E-state index contributed by atoms with van der Waals surface area (Å²) >= 11 is 0. The molecule has 1 N–H and O–H groups in total. The van der Waals surface area contributed by atoms with Crippen molar-refractivity contribution in [1.29, 1.82) is 5.26 Å². The molecule has 0 aliphatic carbocycles. The van der Waals surface area contributed by atoms with Crippen LogP contribution in [0.5, 0.6) is 0 Å². The van der Waals surface area contributed by atoms with Gasteiger partial charge in [-0.25, -0.2) is 0 Å². The number of nitriles is 1. The van der Waals surface area contributed by atoms with E-state index in [0.29, 0.717) is 26.4 Å². The quantitative estimate of drug-likeness (QED) is 0.648. The minimum absolute atomic E-state index is 0.196. The predicted molar refractivity (Wildman–Crippen MR) is 63.5 cm³/mol. The summed E-state index contributed by atoms with van der Waals surface area (Å²) < 4.78 is 10.1. The van der Waals surface area contributed by atoms with Crippen molar-refractivity contribution in [2.24, 2.45) is 5.92 Å². The van der Waals surface area contributed by atoms with Crippen LogP contribution in [0.25, 0.3) is 0 Å². The van der Waals surface area contributed by atoms with Crippen LogP contribution in [0, 0.1) is 17.2 Å². The Kier molecular flexibility index (Phi) is 7.13. The predicted octanol–water partition coefficient (Wildman–Crippen LogP) is 0.246. The number of hydrogen-bond donors (Lipinski definition) is 1. The molecule has 0 aromatic carbocycles. The number of piperidine rings is 1. The van der Waals surface area contributed by atoms with Gasteiger partial charge in [0.05, 0.1) is 32.0 Å². The van der Waals surface area contributed by atoms with Crippen molar-refractivity contribution < 1.29 is 14.6 Å². The Hall–Kier alpha value is -0.670. The zero-order valence-electron chi connectivity index (χ0n) is 10.5. The molecule has 1 aliphatic rings. The summed E-state index contributed by atoms with van der Waals surface area (Å²) in [6.45, 7) is 3.84. The molecule has 1 unspecified atom stereocenters. The van der Waals surface area contributed by atoms with Gasteiger partial charge in [-0.1, -0.05) is 0 Å². The Balaban J connectivity index is 2.07. The van der Waals surface area contributed by atoms with Gasteiger partial charge < -0.3 is 19.5 Å². The highest BCUT2D eigenvalue weighted by atomic mass is 16.5. The van der Waals surface area contributed by atoms with Crippen molar-refractivity contribution in [2.45, 2.75) is 18.9 Å². The fraction of sp³-hybridized carbons (Fsp3) is 0.917. The van der Waals surface area contributed by atoms with E-state index < -0.39 is 6.10 Å². The number of β-amino-alcohol motifs (C(OH)–C–C–N with tert-alkyl or cyclic N) is 1. The van der Waals surface area contributed by atoms with E-state index >= 15 is 0 Å². The minimum Gasteiger partial charge on any atom is -0.389 e. The molecule has 0 radical (unpaired) electrons. The van der Waals surface area contributed by atoms with Crippen molar-refractivity contribution in [3.05, 3.63) is 0 Å². The third kappa shape index (κ3) is 5.99. The zero-order valence-corrected chi connectivity index (χ0v) is 10.5. The van der Waals surface area contributed by atoms with E-state index in [1.165, 1.54) is 0 Å². The molecule has 1 fully saturated rings. The molecule has 98 valence electrons. The van der Waals surface area contributed by atoms with Crippen molar-refractivity contribution in [3.8, 4) is 6.07 Å². The maximum Gasteiger partial charge on any atom is 0.0900 e. The van der Waals surface area contributed by atoms with E-state index in [1.54, 1.807) is 7.11 Å². The second-order valence-electron chi connectivity index (χ2n) is 4.43. The van der Waals surface area contributed by atoms with Gasteiger partial charge in [0.2, 0.25) is 0 Å². The largest absolute Gasteiger partial charge is 0.389 e. The van der Waals surface area contributed by atoms with Crippen LogP contribution in [0.2, 0.25) is 0 Å². The van der Waals surface area contributed by atoms with Crippen LogP contribution in [0.4, 0.5) is 0 Å². The molecule has 1 heterocycles. The van der Waals surface area contributed by atoms with Gasteiger partial charge in [0.15, 0.2) is 0 Å². The average molecular weight is 242 g/mol. The van der Waals surface area contributed by atoms with Crippen molar-refractivity contribution >= 4 is 0 Å². The summed E-state index contributed by atoms with van der Waals surface area (Å²) in [6.07, 6.45) is 1.37.